The van der Waals surface area contributed by atoms with E-state index < -0.39 is 20.0 Å². The van der Waals surface area contributed by atoms with Gasteiger partial charge in [0.2, 0.25) is 5.91 Å². The molecular formula is C55H99N2O6P. The Labute approximate surface area is 395 Å². The summed E-state index contributed by atoms with van der Waals surface area (Å²) in [6.07, 6.45) is 63.8. The van der Waals surface area contributed by atoms with Crippen molar-refractivity contribution >= 4 is 13.7 Å². The number of rotatable bonds is 46. The maximum Gasteiger partial charge on any atom is 0.268 e. The Hall–Kier alpha value is -2.32. The van der Waals surface area contributed by atoms with Crippen LogP contribution in [0.5, 0.6) is 0 Å². The minimum Gasteiger partial charge on any atom is -0.756 e. The predicted octanol–water partition coefficient (Wildman–Crippen LogP) is 14.7. The molecule has 370 valence electrons. The summed E-state index contributed by atoms with van der Waals surface area (Å²) < 4.78 is 23.2. The van der Waals surface area contributed by atoms with Crippen molar-refractivity contribution in [2.75, 3.05) is 40.9 Å². The highest BCUT2D eigenvalue weighted by Crippen LogP contribution is 2.38. The molecule has 0 aromatic carbocycles. The molecule has 0 fully saturated rings. The number of nitrogens with zero attached hydrogens (tertiary/aromatic N) is 1. The lowest BCUT2D eigenvalue weighted by atomic mass is 10.0. The zero-order valence-electron chi connectivity index (χ0n) is 42.0. The zero-order valence-corrected chi connectivity index (χ0v) is 42.8. The van der Waals surface area contributed by atoms with E-state index in [4.69, 9.17) is 9.05 Å². The van der Waals surface area contributed by atoms with Crippen molar-refractivity contribution in [3.05, 3.63) is 85.1 Å². The van der Waals surface area contributed by atoms with Crippen molar-refractivity contribution in [2.24, 2.45) is 0 Å². The molecule has 0 aliphatic rings. The lowest BCUT2D eigenvalue weighted by Gasteiger charge is -2.29. The van der Waals surface area contributed by atoms with Crippen LogP contribution >= 0.6 is 7.82 Å². The van der Waals surface area contributed by atoms with Gasteiger partial charge in [-0.25, -0.2) is 0 Å². The quantitative estimate of drug-likeness (QED) is 0.0273. The van der Waals surface area contributed by atoms with E-state index in [9.17, 15) is 19.4 Å². The number of likely N-dealkylation sites (N-methyl/N-ethyl adjacent to an activating group) is 1. The fourth-order valence-corrected chi connectivity index (χ4v) is 7.76. The Kier molecular flexibility index (Phi) is 44.2. The topological polar surface area (TPSA) is 108 Å². The molecule has 0 aromatic heterocycles. The maximum atomic E-state index is 12.9. The van der Waals surface area contributed by atoms with E-state index in [-0.39, 0.29) is 19.1 Å². The molecule has 0 aromatic rings. The number of hydrogen-bond donors (Lipinski definition) is 2. The van der Waals surface area contributed by atoms with Gasteiger partial charge in [0.1, 0.15) is 13.2 Å². The van der Waals surface area contributed by atoms with E-state index in [1.165, 1.54) is 109 Å². The molecule has 3 unspecified atom stereocenters. The van der Waals surface area contributed by atoms with Crippen LogP contribution < -0.4 is 10.2 Å². The fourth-order valence-electron chi connectivity index (χ4n) is 7.04. The third kappa shape index (κ3) is 47.6. The number of unbranched alkanes of at least 4 members (excludes halogenated alkanes) is 21. The molecule has 8 nitrogen and oxygen atoms in total. The average Bonchev–Trinajstić information content (AvgIpc) is 3.25. The highest BCUT2D eigenvalue weighted by molar-refractivity contribution is 7.45. The number of phosphoric acid groups is 1. The Balaban J connectivity index is 4.03. The Morgan fingerprint density at radius 1 is 0.562 bits per heavy atom. The van der Waals surface area contributed by atoms with Crippen LogP contribution in [0.15, 0.2) is 85.1 Å². The van der Waals surface area contributed by atoms with Crippen LogP contribution in [0.2, 0.25) is 0 Å². The molecule has 0 aliphatic carbocycles. The molecule has 0 spiro atoms. The van der Waals surface area contributed by atoms with Crippen molar-refractivity contribution in [2.45, 2.75) is 219 Å². The number of carbonyl (C=O) groups is 1. The standard InChI is InChI=1S/C55H99N2O6P/c1-6-8-10-12-14-16-17-18-19-20-21-22-23-24-25-26-27-28-29-30-31-32-33-34-35-36-37-38-39-41-43-45-47-49-55(59)56-53(52-63-64(60,61)62-51-50-57(3,4)5)54(58)48-46-44-42-40-15-13-11-9-7-2/h8,10,14,16,18-19,21-22,24-25,27-28,46,48,53-54,58H,6-7,9,11-13,15,17,20,23,26,29-45,47,49-52H2,1-5H3,(H-,56,59,60,61)/b10-8-,16-14-,19-18-,22-21-,25-24-,28-27-,48-46+. The van der Waals surface area contributed by atoms with Crippen molar-refractivity contribution in [3.8, 4) is 0 Å². The monoisotopic (exact) mass is 915 g/mol. The molecule has 64 heavy (non-hydrogen) atoms. The zero-order chi connectivity index (χ0) is 47.1. The number of amides is 1. The second-order valence-electron chi connectivity index (χ2n) is 18.5. The Morgan fingerprint density at radius 3 is 1.39 bits per heavy atom. The summed E-state index contributed by atoms with van der Waals surface area (Å²) in [7, 11) is 1.25. The molecule has 0 radical (unpaired) electrons. The number of allylic oxidation sites excluding steroid dienone is 13. The molecule has 2 N–H and O–H groups in total. The van der Waals surface area contributed by atoms with Crippen molar-refractivity contribution in [1.29, 1.82) is 0 Å². The van der Waals surface area contributed by atoms with Gasteiger partial charge >= 0.3 is 0 Å². The van der Waals surface area contributed by atoms with Crippen molar-refractivity contribution in [1.82, 2.24) is 5.32 Å². The van der Waals surface area contributed by atoms with E-state index in [0.717, 1.165) is 77.0 Å². The largest absolute Gasteiger partial charge is 0.756 e. The van der Waals surface area contributed by atoms with Gasteiger partial charge in [-0.05, 0) is 70.6 Å². The van der Waals surface area contributed by atoms with E-state index >= 15 is 0 Å². The molecule has 0 aliphatic heterocycles. The minimum absolute atomic E-state index is 0.00403. The first-order valence-electron chi connectivity index (χ1n) is 25.9. The summed E-state index contributed by atoms with van der Waals surface area (Å²) in [5.74, 6) is -0.204. The number of aliphatic hydroxyl groups is 1. The maximum absolute atomic E-state index is 12.9. The molecule has 0 heterocycles. The number of carbonyl (C=O) groups excluding carboxylic acids is 1. The van der Waals surface area contributed by atoms with Crippen LogP contribution in [0.4, 0.5) is 0 Å². The van der Waals surface area contributed by atoms with Gasteiger partial charge in [0.15, 0.2) is 0 Å². The van der Waals surface area contributed by atoms with Crippen molar-refractivity contribution in [3.63, 3.8) is 0 Å². The van der Waals surface area contributed by atoms with E-state index in [1.807, 2.05) is 27.2 Å². The molecule has 0 saturated carbocycles. The minimum atomic E-state index is -4.59. The molecule has 1 amide bonds. The lowest BCUT2D eigenvalue weighted by molar-refractivity contribution is -0.870. The summed E-state index contributed by atoms with van der Waals surface area (Å²) in [6.45, 7) is 4.49. The normalized spacial score (nSPS) is 14.8. The lowest BCUT2D eigenvalue weighted by Crippen LogP contribution is -2.45. The van der Waals surface area contributed by atoms with Crippen LogP contribution in [0.3, 0.4) is 0 Å². The van der Waals surface area contributed by atoms with Crippen molar-refractivity contribution < 1.29 is 32.9 Å². The van der Waals surface area contributed by atoms with Gasteiger partial charge in [-0.1, -0.05) is 214 Å². The molecule has 0 rings (SSSR count). The van der Waals surface area contributed by atoms with E-state index in [2.05, 4.69) is 92.1 Å². The number of nitrogens with one attached hydrogen (secondary N) is 1. The summed E-state index contributed by atoms with van der Waals surface area (Å²) >= 11 is 0. The van der Waals surface area contributed by atoms with Gasteiger partial charge < -0.3 is 28.8 Å². The Bertz CT molecular complexity index is 1310. The van der Waals surface area contributed by atoms with Gasteiger partial charge in [0.25, 0.3) is 7.82 Å². The second kappa shape index (κ2) is 45.8. The highest BCUT2D eigenvalue weighted by atomic mass is 31.2. The van der Waals surface area contributed by atoms with E-state index in [1.54, 1.807) is 6.08 Å². The predicted molar refractivity (Wildman–Crippen MR) is 274 cm³/mol. The third-order valence-electron chi connectivity index (χ3n) is 11.1. The fraction of sp³-hybridized carbons (Fsp3) is 0.727. The van der Waals surface area contributed by atoms with Gasteiger partial charge in [-0.15, -0.1) is 0 Å². The first kappa shape index (κ1) is 61.7. The third-order valence-corrected chi connectivity index (χ3v) is 12.1. The van der Waals surface area contributed by atoms with Gasteiger partial charge in [0.05, 0.1) is 39.9 Å². The SMILES string of the molecule is CC/C=C\C/C=C\C/C=C\C/C=C\C/C=C\C/C=C\CCCCCCCCCCCCCCCCC(=O)NC(COP(=O)([O-])OCC[N+](C)(C)C)C(O)/C=C/CCCCCCCCC. The average molecular weight is 915 g/mol. The summed E-state index contributed by atoms with van der Waals surface area (Å²) in [5.41, 5.74) is 0. The van der Waals surface area contributed by atoms with Crippen LogP contribution in [0, 0.1) is 0 Å². The molecular weight excluding hydrogens is 816 g/mol. The first-order chi connectivity index (χ1) is 31.0. The molecule has 0 saturated heterocycles. The van der Waals surface area contributed by atoms with Crippen LogP contribution in [-0.4, -0.2) is 68.5 Å². The van der Waals surface area contributed by atoms with Crippen LogP contribution in [0.25, 0.3) is 0 Å². The number of phosphoric ester groups is 1. The van der Waals surface area contributed by atoms with Crippen LogP contribution in [0.1, 0.15) is 206 Å². The smallest absolute Gasteiger partial charge is 0.268 e. The molecule has 3 atom stereocenters. The Morgan fingerprint density at radius 2 is 0.953 bits per heavy atom. The summed E-state index contributed by atoms with van der Waals surface area (Å²) in [4.78, 5) is 25.3. The number of quaternary nitrogens is 1. The summed E-state index contributed by atoms with van der Waals surface area (Å²) in [5, 5.41) is 13.7. The second-order valence-corrected chi connectivity index (χ2v) is 19.9. The van der Waals surface area contributed by atoms with Crippen LogP contribution in [-0.2, 0) is 18.4 Å². The molecule has 0 bridgehead atoms. The van der Waals surface area contributed by atoms with Gasteiger partial charge in [0, 0.05) is 6.42 Å². The van der Waals surface area contributed by atoms with Gasteiger partial charge in [-0.2, -0.15) is 0 Å². The first-order valence-corrected chi connectivity index (χ1v) is 27.4. The number of aliphatic hydroxyl groups excluding tert-OH is 1. The van der Waals surface area contributed by atoms with Gasteiger partial charge in [-0.3, -0.25) is 9.36 Å². The van der Waals surface area contributed by atoms with E-state index in [0.29, 0.717) is 17.4 Å². The molecule has 9 heteroatoms. The summed E-state index contributed by atoms with van der Waals surface area (Å²) in [6, 6.07) is -0.888. The number of hydrogen-bond acceptors (Lipinski definition) is 6. The highest BCUT2D eigenvalue weighted by Gasteiger charge is 2.23.